The molecule has 0 N–H and O–H groups in total. The molecule has 76 valence electrons. The molecule has 1 aromatic heterocycles. The molecule has 0 fully saturated rings. The first kappa shape index (κ1) is 9.78. The van der Waals surface area contributed by atoms with E-state index in [1.54, 1.807) is 10.6 Å². The Balaban J connectivity index is 2.68. The first-order valence-electron chi connectivity index (χ1n) is 5.03. The number of halogens is 1. The summed E-state index contributed by atoms with van der Waals surface area (Å²) in [6.07, 6.45) is 1.98. The summed E-state index contributed by atoms with van der Waals surface area (Å²) in [6.45, 7) is 4.95. The van der Waals surface area contributed by atoms with E-state index in [9.17, 15) is 4.79 Å². The molecule has 0 saturated heterocycles. The van der Waals surface area contributed by atoms with E-state index in [0.29, 0.717) is 5.92 Å². The highest BCUT2D eigenvalue weighted by atomic mass is 35.5. The highest BCUT2D eigenvalue weighted by Crippen LogP contribution is 2.29. The summed E-state index contributed by atoms with van der Waals surface area (Å²) < 4.78 is 1.80. The maximum atomic E-state index is 11.7. The predicted molar refractivity (Wildman–Crippen MR) is 58.1 cm³/mol. The summed E-state index contributed by atoms with van der Waals surface area (Å²) in [6, 6.07) is 1.68. The van der Waals surface area contributed by atoms with Gasteiger partial charge >= 0.3 is 0 Å². The van der Waals surface area contributed by atoms with Crippen LogP contribution in [0.15, 0.2) is 10.9 Å². The fourth-order valence-electron chi connectivity index (χ4n) is 2.01. The molecular weight excluding hydrogens is 198 g/mol. The van der Waals surface area contributed by atoms with E-state index in [1.165, 1.54) is 0 Å². The molecule has 0 spiro atoms. The number of rotatable bonds is 1. The van der Waals surface area contributed by atoms with Crippen LogP contribution in [0.2, 0.25) is 5.02 Å². The van der Waals surface area contributed by atoms with E-state index in [-0.39, 0.29) is 5.56 Å². The molecule has 0 amide bonds. The van der Waals surface area contributed by atoms with E-state index in [2.05, 4.69) is 13.8 Å². The average Bonchev–Trinajstić information content (AvgIpc) is 2.59. The van der Waals surface area contributed by atoms with Crippen LogP contribution in [-0.2, 0) is 13.0 Å². The highest BCUT2D eigenvalue weighted by molar-refractivity contribution is 6.32. The topological polar surface area (TPSA) is 22.0 Å². The van der Waals surface area contributed by atoms with Crippen LogP contribution in [-0.4, -0.2) is 4.57 Å². The number of pyridine rings is 1. The number of hydrogen-bond donors (Lipinski definition) is 0. The molecule has 3 heteroatoms. The smallest absolute Gasteiger partial charge is 0.251 e. The quantitative estimate of drug-likeness (QED) is 0.700. The lowest BCUT2D eigenvalue weighted by Gasteiger charge is -2.12. The van der Waals surface area contributed by atoms with Crippen LogP contribution in [0.25, 0.3) is 0 Å². The van der Waals surface area contributed by atoms with Crippen molar-refractivity contribution in [2.45, 2.75) is 39.2 Å². The molecule has 1 aromatic rings. The van der Waals surface area contributed by atoms with Gasteiger partial charge in [-0.2, -0.15) is 0 Å². The fraction of sp³-hybridized carbons (Fsp3) is 0.545. The standard InChI is InChI=1S/C11H14ClNO/c1-7(2)8-6-10(14)13-5-3-4-9(13)11(8)12/h6-7H,3-5H2,1-2H3. The zero-order valence-electron chi connectivity index (χ0n) is 8.51. The lowest BCUT2D eigenvalue weighted by molar-refractivity contribution is 0.715. The molecule has 1 aliphatic rings. The largest absolute Gasteiger partial charge is 0.311 e. The van der Waals surface area contributed by atoms with E-state index in [4.69, 9.17) is 11.6 Å². The first-order valence-corrected chi connectivity index (χ1v) is 5.41. The summed E-state index contributed by atoms with van der Waals surface area (Å²) in [7, 11) is 0. The molecule has 1 aliphatic heterocycles. The molecule has 2 rings (SSSR count). The minimum absolute atomic E-state index is 0.102. The van der Waals surface area contributed by atoms with Crippen molar-refractivity contribution in [2.24, 2.45) is 0 Å². The monoisotopic (exact) mass is 211 g/mol. The third-order valence-electron chi connectivity index (χ3n) is 2.79. The van der Waals surface area contributed by atoms with Gasteiger partial charge in [0.1, 0.15) is 0 Å². The second-order valence-corrected chi connectivity index (χ2v) is 4.49. The number of aromatic nitrogens is 1. The SMILES string of the molecule is CC(C)c1cc(=O)n2c(c1Cl)CCC2. The van der Waals surface area contributed by atoms with Crippen LogP contribution in [0, 0.1) is 0 Å². The lowest BCUT2D eigenvalue weighted by atomic mass is 10.0. The van der Waals surface area contributed by atoms with Gasteiger partial charge in [-0.1, -0.05) is 25.4 Å². The van der Waals surface area contributed by atoms with Crippen LogP contribution >= 0.6 is 11.6 Å². The van der Waals surface area contributed by atoms with Crippen molar-refractivity contribution in [1.29, 1.82) is 0 Å². The summed E-state index contributed by atoms with van der Waals surface area (Å²) >= 11 is 6.26. The van der Waals surface area contributed by atoms with E-state index >= 15 is 0 Å². The van der Waals surface area contributed by atoms with Crippen LogP contribution in [0.4, 0.5) is 0 Å². The summed E-state index contributed by atoms with van der Waals surface area (Å²) in [5.74, 6) is 0.321. The maximum Gasteiger partial charge on any atom is 0.251 e. The van der Waals surface area contributed by atoms with Crippen molar-refractivity contribution >= 4 is 11.6 Å². The van der Waals surface area contributed by atoms with Crippen molar-refractivity contribution in [2.75, 3.05) is 0 Å². The molecule has 0 atom stereocenters. The second kappa shape index (κ2) is 3.43. The van der Waals surface area contributed by atoms with Crippen molar-refractivity contribution in [3.8, 4) is 0 Å². The Bertz CT molecular complexity index is 420. The molecule has 0 radical (unpaired) electrons. The Hall–Kier alpha value is -0.760. The highest BCUT2D eigenvalue weighted by Gasteiger charge is 2.19. The molecule has 0 unspecified atom stereocenters. The number of hydrogen-bond acceptors (Lipinski definition) is 1. The molecule has 2 heterocycles. The number of fused-ring (bicyclic) bond motifs is 1. The van der Waals surface area contributed by atoms with Crippen LogP contribution in [0.5, 0.6) is 0 Å². The van der Waals surface area contributed by atoms with E-state index < -0.39 is 0 Å². The average molecular weight is 212 g/mol. The van der Waals surface area contributed by atoms with Crippen molar-refractivity contribution in [1.82, 2.24) is 4.57 Å². The molecule has 2 nitrogen and oxygen atoms in total. The Kier molecular flexibility index (Phi) is 2.40. The Morgan fingerprint density at radius 2 is 2.21 bits per heavy atom. The van der Waals surface area contributed by atoms with Gasteiger partial charge in [-0.25, -0.2) is 0 Å². The van der Waals surface area contributed by atoms with Crippen molar-refractivity contribution < 1.29 is 0 Å². The van der Waals surface area contributed by atoms with E-state index in [0.717, 1.165) is 35.7 Å². The van der Waals surface area contributed by atoms with Crippen LogP contribution in [0.3, 0.4) is 0 Å². The van der Waals surface area contributed by atoms with Gasteiger partial charge in [0.25, 0.3) is 5.56 Å². The fourth-order valence-corrected chi connectivity index (χ4v) is 2.48. The van der Waals surface area contributed by atoms with Gasteiger partial charge in [0, 0.05) is 18.3 Å². The predicted octanol–water partition coefficient (Wildman–Crippen LogP) is 2.57. The summed E-state index contributed by atoms with van der Waals surface area (Å²) in [5.41, 5.74) is 2.12. The Labute approximate surface area is 88.5 Å². The second-order valence-electron chi connectivity index (χ2n) is 4.11. The van der Waals surface area contributed by atoms with Crippen LogP contribution in [0.1, 0.15) is 37.4 Å². The van der Waals surface area contributed by atoms with Gasteiger partial charge < -0.3 is 4.57 Å². The van der Waals surface area contributed by atoms with E-state index in [1.807, 2.05) is 0 Å². The van der Waals surface area contributed by atoms with Gasteiger partial charge in [-0.05, 0) is 24.3 Å². The Morgan fingerprint density at radius 3 is 2.86 bits per heavy atom. The third kappa shape index (κ3) is 1.38. The minimum Gasteiger partial charge on any atom is -0.311 e. The van der Waals surface area contributed by atoms with Gasteiger partial charge in [0.2, 0.25) is 0 Å². The van der Waals surface area contributed by atoms with Gasteiger partial charge in [-0.3, -0.25) is 4.79 Å². The molecule has 0 aliphatic carbocycles. The van der Waals surface area contributed by atoms with Crippen molar-refractivity contribution in [3.05, 3.63) is 32.7 Å². The minimum atomic E-state index is 0.102. The van der Waals surface area contributed by atoms with Gasteiger partial charge in [0.15, 0.2) is 0 Å². The van der Waals surface area contributed by atoms with Crippen LogP contribution < -0.4 is 5.56 Å². The maximum absolute atomic E-state index is 11.7. The van der Waals surface area contributed by atoms with Gasteiger partial charge in [-0.15, -0.1) is 0 Å². The first-order chi connectivity index (χ1) is 6.61. The molecule has 14 heavy (non-hydrogen) atoms. The Morgan fingerprint density at radius 1 is 1.50 bits per heavy atom. The summed E-state index contributed by atoms with van der Waals surface area (Å²) in [5, 5.41) is 0.803. The lowest BCUT2D eigenvalue weighted by Crippen LogP contribution is -2.20. The van der Waals surface area contributed by atoms with Crippen molar-refractivity contribution in [3.63, 3.8) is 0 Å². The molecule has 0 aromatic carbocycles. The normalized spacial score (nSPS) is 14.9. The zero-order chi connectivity index (χ0) is 10.3. The molecule has 0 bridgehead atoms. The van der Waals surface area contributed by atoms with Gasteiger partial charge in [0.05, 0.1) is 5.02 Å². The molecule has 0 saturated carbocycles. The summed E-state index contributed by atoms with van der Waals surface area (Å²) in [4.78, 5) is 11.7. The third-order valence-corrected chi connectivity index (χ3v) is 3.23. The zero-order valence-corrected chi connectivity index (χ0v) is 9.27. The number of nitrogens with zero attached hydrogens (tertiary/aromatic N) is 1. The molecular formula is C11H14ClNO.